The molecule has 0 unspecified atom stereocenters. The maximum absolute atomic E-state index is 13.7. The lowest BCUT2D eigenvalue weighted by Gasteiger charge is -2.25. The molecule has 1 aromatic carbocycles. The van der Waals surface area contributed by atoms with E-state index in [1.54, 1.807) is 10.9 Å². The van der Waals surface area contributed by atoms with Crippen LogP contribution in [-0.2, 0) is 11.0 Å². The number of aldehydes is 1. The van der Waals surface area contributed by atoms with Gasteiger partial charge in [0.15, 0.2) is 0 Å². The number of carbonyl (C=O) groups excluding carboxylic acids is 2. The molecule has 1 fully saturated rings. The minimum Gasteiger partial charge on any atom is -0.320 e. The number of amides is 1. The van der Waals surface area contributed by atoms with Crippen LogP contribution in [0.1, 0.15) is 59.9 Å². The molecule has 1 aliphatic rings. The highest BCUT2D eigenvalue weighted by Gasteiger charge is 2.33. The van der Waals surface area contributed by atoms with Crippen molar-refractivity contribution >= 4 is 28.8 Å². The minimum atomic E-state index is -4.75. The fourth-order valence-corrected chi connectivity index (χ4v) is 3.99. The fraction of sp³-hybridized carbons (Fsp3) is 0.364. The van der Waals surface area contributed by atoms with Crippen molar-refractivity contribution in [3.63, 3.8) is 0 Å². The second-order valence-corrected chi connectivity index (χ2v) is 7.97. The number of aromatic nitrogens is 3. The number of nitrogens with zero attached hydrogens (tertiary/aromatic N) is 3. The van der Waals surface area contributed by atoms with Crippen LogP contribution in [0.5, 0.6) is 0 Å². The highest BCUT2D eigenvalue weighted by atomic mass is 19.4. The molecule has 1 N–H and O–H groups in total. The molecule has 2 heterocycles. The SMILES string of the molecule is O=CC1CCC(n2cc3cc(NC(=O)c4cccc(C(F)(F)F)n4)c(C(F)F)cc3n2)CC1. The Kier molecular flexibility index (Phi) is 6.13. The van der Waals surface area contributed by atoms with Crippen LogP contribution in [0, 0.1) is 5.92 Å². The molecule has 174 valence electrons. The third-order valence-electron chi connectivity index (χ3n) is 5.76. The monoisotopic (exact) mass is 466 g/mol. The molecule has 3 aromatic rings. The number of anilines is 1. The number of alkyl halides is 5. The topological polar surface area (TPSA) is 76.9 Å². The van der Waals surface area contributed by atoms with Gasteiger partial charge in [0.1, 0.15) is 17.7 Å². The molecule has 0 aliphatic heterocycles. The van der Waals surface area contributed by atoms with Gasteiger partial charge in [-0.2, -0.15) is 18.3 Å². The van der Waals surface area contributed by atoms with Gasteiger partial charge in [-0.3, -0.25) is 9.48 Å². The number of nitrogens with one attached hydrogen (secondary N) is 1. The van der Waals surface area contributed by atoms with E-state index in [1.807, 2.05) is 0 Å². The van der Waals surface area contributed by atoms with Crippen molar-refractivity contribution in [3.05, 3.63) is 53.5 Å². The molecule has 0 bridgehead atoms. The Labute approximate surface area is 184 Å². The number of rotatable bonds is 5. The van der Waals surface area contributed by atoms with E-state index in [-0.39, 0.29) is 17.6 Å². The Balaban J connectivity index is 1.62. The fourth-order valence-electron chi connectivity index (χ4n) is 3.99. The Hall–Kier alpha value is -3.37. The van der Waals surface area contributed by atoms with E-state index >= 15 is 0 Å². The first-order valence-electron chi connectivity index (χ1n) is 10.3. The predicted molar refractivity (Wildman–Crippen MR) is 109 cm³/mol. The smallest absolute Gasteiger partial charge is 0.320 e. The number of benzene rings is 1. The molecule has 1 aliphatic carbocycles. The summed E-state index contributed by atoms with van der Waals surface area (Å²) in [5, 5.41) is 7.14. The first-order valence-corrected chi connectivity index (χ1v) is 10.3. The molecule has 0 atom stereocenters. The van der Waals surface area contributed by atoms with E-state index in [4.69, 9.17) is 0 Å². The summed E-state index contributed by atoms with van der Waals surface area (Å²) < 4.78 is 67.7. The summed E-state index contributed by atoms with van der Waals surface area (Å²) >= 11 is 0. The summed E-state index contributed by atoms with van der Waals surface area (Å²) in [6.45, 7) is 0. The highest BCUT2D eigenvalue weighted by molar-refractivity contribution is 6.04. The second kappa shape index (κ2) is 8.87. The van der Waals surface area contributed by atoms with Crippen LogP contribution in [0.15, 0.2) is 36.5 Å². The summed E-state index contributed by atoms with van der Waals surface area (Å²) in [5.74, 6) is -1.02. The van der Waals surface area contributed by atoms with Crippen molar-refractivity contribution in [2.75, 3.05) is 5.32 Å². The second-order valence-electron chi connectivity index (χ2n) is 7.97. The van der Waals surface area contributed by atoms with E-state index in [0.29, 0.717) is 17.0 Å². The predicted octanol–water partition coefficient (Wildman–Crippen LogP) is 5.57. The number of halogens is 5. The first-order chi connectivity index (χ1) is 15.7. The summed E-state index contributed by atoms with van der Waals surface area (Å²) in [4.78, 5) is 26.7. The normalized spacial score (nSPS) is 19.1. The summed E-state index contributed by atoms with van der Waals surface area (Å²) in [6.07, 6.45) is -2.19. The minimum absolute atomic E-state index is 0.0166. The Morgan fingerprint density at radius 3 is 2.52 bits per heavy atom. The van der Waals surface area contributed by atoms with Gasteiger partial charge in [-0.15, -0.1) is 0 Å². The molecular weight excluding hydrogens is 447 g/mol. The third-order valence-corrected chi connectivity index (χ3v) is 5.76. The molecule has 2 aromatic heterocycles. The maximum Gasteiger partial charge on any atom is 0.433 e. The molecule has 11 heteroatoms. The number of pyridine rings is 1. The van der Waals surface area contributed by atoms with E-state index in [9.17, 15) is 31.5 Å². The molecule has 33 heavy (non-hydrogen) atoms. The average Bonchev–Trinajstić information content (AvgIpc) is 3.21. The maximum atomic E-state index is 13.7. The van der Waals surface area contributed by atoms with Crippen LogP contribution in [0.4, 0.5) is 27.6 Å². The summed E-state index contributed by atoms with van der Waals surface area (Å²) in [5.41, 5.74) is -2.24. The van der Waals surface area contributed by atoms with Crippen LogP contribution >= 0.6 is 0 Å². The molecule has 0 saturated heterocycles. The Morgan fingerprint density at radius 2 is 1.88 bits per heavy atom. The van der Waals surface area contributed by atoms with Gasteiger partial charge in [0.05, 0.1) is 17.2 Å². The van der Waals surface area contributed by atoms with Crippen LogP contribution in [0.25, 0.3) is 10.9 Å². The van der Waals surface area contributed by atoms with E-state index in [1.165, 1.54) is 6.07 Å². The Bertz CT molecular complexity index is 1180. The van der Waals surface area contributed by atoms with Crippen molar-refractivity contribution in [2.24, 2.45) is 5.92 Å². The lowest BCUT2D eigenvalue weighted by atomic mass is 9.87. The standard InChI is InChI=1S/C22H19F5N4O2/c23-20(24)15-9-17-13(10-31(30-17)14-6-4-12(11-32)5-7-14)8-18(15)29-21(33)16-2-1-3-19(28-16)22(25,26)27/h1-3,8-12,14,20H,4-7H2,(H,29,33). The summed E-state index contributed by atoms with van der Waals surface area (Å²) in [7, 11) is 0. The van der Waals surface area contributed by atoms with Gasteiger partial charge in [0.25, 0.3) is 12.3 Å². The zero-order valence-corrected chi connectivity index (χ0v) is 17.1. The lowest BCUT2D eigenvalue weighted by molar-refractivity contribution is -0.141. The largest absolute Gasteiger partial charge is 0.433 e. The Morgan fingerprint density at radius 1 is 1.15 bits per heavy atom. The van der Waals surface area contributed by atoms with Crippen molar-refractivity contribution in [2.45, 2.75) is 44.3 Å². The van der Waals surface area contributed by atoms with Gasteiger partial charge in [-0.1, -0.05) is 6.07 Å². The molecule has 1 saturated carbocycles. The van der Waals surface area contributed by atoms with Gasteiger partial charge >= 0.3 is 6.18 Å². The van der Waals surface area contributed by atoms with Gasteiger partial charge in [-0.25, -0.2) is 13.8 Å². The van der Waals surface area contributed by atoms with Gasteiger partial charge in [-0.05, 0) is 49.9 Å². The third kappa shape index (κ3) is 4.86. The van der Waals surface area contributed by atoms with Crippen molar-refractivity contribution in [3.8, 4) is 0 Å². The zero-order chi connectivity index (χ0) is 23.8. The number of fused-ring (bicyclic) bond motifs is 1. The number of carbonyl (C=O) groups is 2. The number of hydrogen-bond donors (Lipinski definition) is 1. The van der Waals surface area contributed by atoms with Crippen LogP contribution < -0.4 is 5.32 Å². The molecule has 0 radical (unpaired) electrons. The average molecular weight is 466 g/mol. The van der Waals surface area contributed by atoms with Crippen molar-refractivity contribution < 1.29 is 31.5 Å². The zero-order valence-electron chi connectivity index (χ0n) is 17.1. The van der Waals surface area contributed by atoms with Gasteiger partial charge in [0, 0.05) is 23.1 Å². The first kappa shape index (κ1) is 22.8. The molecule has 4 rings (SSSR count). The van der Waals surface area contributed by atoms with Crippen LogP contribution in [0.2, 0.25) is 0 Å². The molecule has 6 nitrogen and oxygen atoms in total. The van der Waals surface area contributed by atoms with E-state index in [0.717, 1.165) is 50.2 Å². The van der Waals surface area contributed by atoms with Crippen molar-refractivity contribution in [1.82, 2.24) is 14.8 Å². The lowest BCUT2D eigenvalue weighted by Crippen LogP contribution is -2.19. The molecule has 0 spiro atoms. The molecular formula is C22H19F5N4O2. The van der Waals surface area contributed by atoms with Crippen LogP contribution in [0.3, 0.4) is 0 Å². The quantitative estimate of drug-likeness (QED) is 0.394. The number of hydrogen-bond acceptors (Lipinski definition) is 4. The van der Waals surface area contributed by atoms with Crippen molar-refractivity contribution in [1.29, 1.82) is 0 Å². The van der Waals surface area contributed by atoms with Gasteiger partial charge < -0.3 is 10.1 Å². The summed E-state index contributed by atoms with van der Waals surface area (Å²) in [6, 6.07) is 5.30. The van der Waals surface area contributed by atoms with Gasteiger partial charge in [0.2, 0.25) is 0 Å². The van der Waals surface area contributed by atoms with Crippen LogP contribution in [-0.4, -0.2) is 27.0 Å². The highest BCUT2D eigenvalue weighted by Crippen LogP contribution is 2.35. The van der Waals surface area contributed by atoms with E-state index in [2.05, 4.69) is 15.4 Å². The molecule has 1 amide bonds. The van der Waals surface area contributed by atoms with E-state index < -0.39 is 35.5 Å².